The normalized spacial score (nSPS) is 17.5. The molecule has 6 heteroatoms. The van der Waals surface area contributed by atoms with Crippen molar-refractivity contribution in [3.8, 4) is 11.5 Å². The number of allylic oxidation sites excluding steroid dienone is 2. The van der Waals surface area contributed by atoms with E-state index in [1.165, 1.54) is 49.7 Å². The van der Waals surface area contributed by atoms with Gasteiger partial charge in [0.05, 0.1) is 62.6 Å². The zero-order chi connectivity index (χ0) is 32.9. The van der Waals surface area contributed by atoms with E-state index in [0.29, 0.717) is 39.6 Å². The first-order valence-corrected chi connectivity index (χ1v) is 18.1. The van der Waals surface area contributed by atoms with Gasteiger partial charge in [0.2, 0.25) is 0 Å². The van der Waals surface area contributed by atoms with Crippen LogP contribution in [0.4, 0.5) is 0 Å². The van der Waals surface area contributed by atoms with E-state index >= 15 is 0 Å². The fourth-order valence-corrected chi connectivity index (χ4v) is 7.37. The van der Waals surface area contributed by atoms with E-state index in [1.54, 1.807) is 0 Å². The van der Waals surface area contributed by atoms with Gasteiger partial charge in [-0.1, -0.05) is 76.1 Å². The van der Waals surface area contributed by atoms with Gasteiger partial charge in [-0.2, -0.15) is 0 Å². The van der Waals surface area contributed by atoms with E-state index in [4.69, 9.17) is 28.4 Å². The van der Waals surface area contributed by atoms with Gasteiger partial charge in [0, 0.05) is 0 Å². The zero-order valence-corrected chi connectivity index (χ0v) is 29.5. The van der Waals surface area contributed by atoms with Crippen LogP contribution < -0.4 is 9.47 Å². The summed E-state index contributed by atoms with van der Waals surface area (Å²) in [7, 11) is 0. The van der Waals surface area contributed by atoms with Crippen LogP contribution >= 0.6 is 0 Å². The molecule has 0 spiro atoms. The molecule has 0 amide bonds. The second-order valence-corrected chi connectivity index (χ2v) is 12.0. The van der Waals surface area contributed by atoms with Crippen LogP contribution in [-0.4, -0.2) is 39.6 Å². The Morgan fingerprint density at radius 3 is 1.30 bits per heavy atom. The molecule has 0 fully saturated rings. The largest absolute Gasteiger partial charge is 0.494 e. The lowest BCUT2D eigenvalue weighted by Gasteiger charge is -2.33. The number of fused-ring (bicyclic) bond motifs is 2. The Labute approximate surface area is 278 Å². The summed E-state index contributed by atoms with van der Waals surface area (Å²) in [6.45, 7) is 17.9. The molecule has 2 aromatic carbocycles. The Balaban J connectivity index is 1.91. The molecule has 0 saturated heterocycles. The number of benzene rings is 2. The summed E-state index contributed by atoms with van der Waals surface area (Å²) in [5, 5.41) is 0. The van der Waals surface area contributed by atoms with Crippen LogP contribution in [-0.2, 0) is 18.9 Å². The van der Waals surface area contributed by atoms with Crippen molar-refractivity contribution >= 4 is 11.5 Å². The quantitative estimate of drug-likeness (QED) is 0.120. The minimum absolute atomic E-state index is 0.0398. The molecule has 2 unspecified atom stereocenters. The van der Waals surface area contributed by atoms with Gasteiger partial charge in [0.15, 0.2) is 11.5 Å². The fraction of sp³-hybridized carbons (Fsp3) is 0.600. The first kappa shape index (κ1) is 35.6. The third kappa shape index (κ3) is 7.64. The standard InChI is InChI=1S/C40H58O6/c1-8-15-16-17-18-19-20-23-28(33-29-24-21-26-31(41-9-2)35(29)39(45-13-6)37(33)43-11-4)34-30-25-22-27-32(42-10-3)36(30)40(46-14-7)38(34)44-12-5/h21-22,24-28,33-34H,8-20,23H2,1-7H3. The van der Waals surface area contributed by atoms with Gasteiger partial charge in [-0.3, -0.25) is 0 Å². The Bertz CT molecular complexity index is 1220. The Kier molecular flexibility index (Phi) is 14.0. The second-order valence-electron chi connectivity index (χ2n) is 12.0. The monoisotopic (exact) mass is 634 g/mol. The lowest BCUT2D eigenvalue weighted by molar-refractivity contribution is 0.148. The molecule has 2 aromatic rings. The first-order chi connectivity index (χ1) is 22.6. The molecule has 2 atom stereocenters. The SMILES string of the molecule is CCCCCCCCCC(C1C(OCC)=C(OCC)c2c(OCC)cccc21)C1C(OCC)=C(OCC)c2c(OCC)cccc21. The van der Waals surface area contributed by atoms with Crippen molar-refractivity contribution in [1.82, 2.24) is 0 Å². The third-order valence-electron chi connectivity index (χ3n) is 9.03. The van der Waals surface area contributed by atoms with Gasteiger partial charge in [-0.25, -0.2) is 0 Å². The number of hydrogen-bond donors (Lipinski definition) is 0. The second kappa shape index (κ2) is 18.2. The van der Waals surface area contributed by atoms with Crippen molar-refractivity contribution in [3.63, 3.8) is 0 Å². The zero-order valence-electron chi connectivity index (χ0n) is 29.5. The van der Waals surface area contributed by atoms with Crippen LogP contribution in [0.1, 0.15) is 134 Å². The maximum Gasteiger partial charge on any atom is 0.168 e. The molecular formula is C40H58O6. The lowest BCUT2D eigenvalue weighted by atomic mass is 9.72. The average Bonchev–Trinajstić information content (AvgIpc) is 3.53. The van der Waals surface area contributed by atoms with Crippen molar-refractivity contribution in [2.45, 2.75) is 112 Å². The van der Waals surface area contributed by atoms with Crippen molar-refractivity contribution < 1.29 is 28.4 Å². The lowest BCUT2D eigenvalue weighted by Crippen LogP contribution is -2.24. The van der Waals surface area contributed by atoms with Gasteiger partial charge in [-0.05, 0) is 77.1 Å². The molecule has 0 aromatic heterocycles. The smallest absolute Gasteiger partial charge is 0.168 e. The van der Waals surface area contributed by atoms with E-state index in [-0.39, 0.29) is 17.8 Å². The highest BCUT2D eigenvalue weighted by Gasteiger charge is 2.49. The third-order valence-corrected chi connectivity index (χ3v) is 9.03. The van der Waals surface area contributed by atoms with Gasteiger partial charge in [-0.15, -0.1) is 0 Å². The summed E-state index contributed by atoms with van der Waals surface area (Å²) < 4.78 is 38.6. The predicted octanol–water partition coefficient (Wildman–Crippen LogP) is 10.6. The number of hydrogen-bond acceptors (Lipinski definition) is 6. The van der Waals surface area contributed by atoms with Crippen LogP contribution in [0.2, 0.25) is 0 Å². The van der Waals surface area contributed by atoms with E-state index in [1.807, 2.05) is 27.7 Å². The molecule has 0 bridgehead atoms. The van der Waals surface area contributed by atoms with Crippen molar-refractivity contribution in [3.05, 3.63) is 70.2 Å². The van der Waals surface area contributed by atoms with Crippen LogP contribution in [0.5, 0.6) is 11.5 Å². The van der Waals surface area contributed by atoms with E-state index in [2.05, 4.69) is 57.2 Å². The Morgan fingerprint density at radius 1 is 0.478 bits per heavy atom. The fourth-order valence-electron chi connectivity index (χ4n) is 7.37. The average molecular weight is 635 g/mol. The molecule has 0 heterocycles. The van der Waals surface area contributed by atoms with Crippen LogP contribution in [0, 0.1) is 5.92 Å². The summed E-state index contributed by atoms with van der Waals surface area (Å²) in [6.07, 6.45) is 9.78. The minimum atomic E-state index is -0.0398. The summed E-state index contributed by atoms with van der Waals surface area (Å²) >= 11 is 0. The molecule has 0 saturated carbocycles. The Hall–Kier alpha value is -3.28. The van der Waals surface area contributed by atoms with E-state index < -0.39 is 0 Å². The summed E-state index contributed by atoms with van der Waals surface area (Å²) in [6, 6.07) is 12.8. The molecule has 2 aliphatic rings. The summed E-state index contributed by atoms with van der Waals surface area (Å²) in [5.41, 5.74) is 4.46. The number of ether oxygens (including phenoxy) is 6. The highest BCUT2D eigenvalue weighted by Crippen LogP contribution is 2.59. The number of unbranched alkanes of at least 4 members (excludes halogenated alkanes) is 6. The van der Waals surface area contributed by atoms with Gasteiger partial charge >= 0.3 is 0 Å². The first-order valence-electron chi connectivity index (χ1n) is 18.1. The van der Waals surface area contributed by atoms with Crippen molar-refractivity contribution in [1.29, 1.82) is 0 Å². The summed E-state index contributed by atoms with van der Waals surface area (Å²) in [4.78, 5) is 0. The molecule has 6 nitrogen and oxygen atoms in total. The van der Waals surface area contributed by atoms with Crippen LogP contribution in [0.3, 0.4) is 0 Å². The maximum atomic E-state index is 6.61. The van der Waals surface area contributed by atoms with Crippen LogP contribution in [0.25, 0.3) is 11.5 Å². The highest BCUT2D eigenvalue weighted by molar-refractivity contribution is 5.80. The van der Waals surface area contributed by atoms with Gasteiger partial charge < -0.3 is 28.4 Å². The molecule has 4 rings (SSSR count). The van der Waals surface area contributed by atoms with E-state index in [9.17, 15) is 0 Å². The van der Waals surface area contributed by atoms with Crippen LogP contribution in [0.15, 0.2) is 47.9 Å². The molecule has 254 valence electrons. The molecule has 0 N–H and O–H groups in total. The van der Waals surface area contributed by atoms with Crippen molar-refractivity contribution in [2.75, 3.05) is 39.6 Å². The van der Waals surface area contributed by atoms with Gasteiger partial charge in [0.25, 0.3) is 0 Å². The highest BCUT2D eigenvalue weighted by atomic mass is 16.5. The molecule has 0 aliphatic heterocycles. The topological polar surface area (TPSA) is 55.4 Å². The Morgan fingerprint density at radius 2 is 0.891 bits per heavy atom. The van der Waals surface area contributed by atoms with Crippen molar-refractivity contribution in [2.24, 2.45) is 5.92 Å². The predicted molar refractivity (Wildman–Crippen MR) is 187 cm³/mol. The van der Waals surface area contributed by atoms with Gasteiger partial charge in [0.1, 0.15) is 23.0 Å². The minimum Gasteiger partial charge on any atom is -0.494 e. The molecule has 2 aliphatic carbocycles. The summed E-state index contributed by atoms with van der Waals surface area (Å²) in [5.74, 6) is 5.17. The molecule has 46 heavy (non-hydrogen) atoms. The maximum absolute atomic E-state index is 6.61. The van der Waals surface area contributed by atoms with E-state index in [0.717, 1.165) is 58.5 Å². The molecular weight excluding hydrogens is 576 g/mol. The molecule has 0 radical (unpaired) electrons. The number of rotatable bonds is 22.